The standard InChI is InChI=1S/C13H17F3N2O/c1-7-4-5-10(13(14,15)16)6-11(7)18-12(19)8(2)9(3)17/h4-6,8-9H,17H2,1-3H3,(H,18,19). The quantitative estimate of drug-likeness (QED) is 0.890. The average molecular weight is 274 g/mol. The van der Waals surface area contributed by atoms with Crippen molar-refractivity contribution in [3.63, 3.8) is 0 Å². The first-order valence-electron chi connectivity index (χ1n) is 5.87. The van der Waals surface area contributed by atoms with Crippen molar-refractivity contribution in [1.29, 1.82) is 0 Å². The zero-order chi connectivity index (χ0) is 14.8. The molecule has 2 unspecified atom stereocenters. The lowest BCUT2D eigenvalue weighted by atomic mass is 10.0. The third-order valence-electron chi connectivity index (χ3n) is 3.03. The zero-order valence-electron chi connectivity index (χ0n) is 11.0. The maximum Gasteiger partial charge on any atom is 0.416 e. The van der Waals surface area contributed by atoms with E-state index >= 15 is 0 Å². The van der Waals surface area contributed by atoms with Gasteiger partial charge in [-0.05, 0) is 31.5 Å². The second kappa shape index (κ2) is 5.61. The Hall–Kier alpha value is -1.56. The fourth-order valence-electron chi connectivity index (χ4n) is 1.42. The van der Waals surface area contributed by atoms with Gasteiger partial charge in [-0.3, -0.25) is 4.79 Å². The van der Waals surface area contributed by atoms with Crippen LogP contribution in [-0.4, -0.2) is 11.9 Å². The van der Waals surface area contributed by atoms with E-state index in [2.05, 4.69) is 5.32 Å². The number of nitrogens with one attached hydrogen (secondary N) is 1. The van der Waals surface area contributed by atoms with Crippen molar-refractivity contribution in [2.24, 2.45) is 11.7 Å². The van der Waals surface area contributed by atoms with Gasteiger partial charge in [-0.15, -0.1) is 0 Å². The average Bonchev–Trinajstić information content (AvgIpc) is 2.29. The number of hydrogen-bond donors (Lipinski definition) is 2. The number of hydrogen-bond acceptors (Lipinski definition) is 2. The van der Waals surface area contributed by atoms with E-state index in [1.807, 2.05) is 0 Å². The first-order chi connectivity index (χ1) is 8.62. The summed E-state index contributed by atoms with van der Waals surface area (Å²) in [7, 11) is 0. The molecule has 0 saturated heterocycles. The summed E-state index contributed by atoms with van der Waals surface area (Å²) in [6, 6.07) is 2.88. The highest BCUT2D eigenvalue weighted by Crippen LogP contribution is 2.32. The predicted octanol–water partition coefficient (Wildman–Crippen LogP) is 2.94. The highest BCUT2D eigenvalue weighted by atomic mass is 19.4. The Kier molecular flexibility index (Phi) is 4.57. The van der Waals surface area contributed by atoms with E-state index in [1.54, 1.807) is 20.8 Å². The van der Waals surface area contributed by atoms with Crippen LogP contribution in [0.25, 0.3) is 0 Å². The number of alkyl halides is 3. The van der Waals surface area contributed by atoms with Crippen molar-refractivity contribution in [3.8, 4) is 0 Å². The van der Waals surface area contributed by atoms with Crippen molar-refractivity contribution in [3.05, 3.63) is 29.3 Å². The maximum atomic E-state index is 12.6. The van der Waals surface area contributed by atoms with Gasteiger partial charge in [0.1, 0.15) is 0 Å². The first kappa shape index (κ1) is 15.5. The lowest BCUT2D eigenvalue weighted by Gasteiger charge is -2.17. The number of aryl methyl sites for hydroxylation is 1. The molecule has 3 nitrogen and oxygen atoms in total. The second-order valence-corrected chi connectivity index (χ2v) is 4.66. The summed E-state index contributed by atoms with van der Waals surface area (Å²) in [6.07, 6.45) is -4.43. The van der Waals surface area contributed by atoms with Gasteiger partial charge in [-0.2, -0.15) is 13.2 Å². The Morgan fingerprint density at radius 3 is 2.37 bits per heavy atom. The molecule has 2 atom stereocenters. The molecule has 1 amide bonds. The smallest absolute Gasteiger partial charge is 0.327 e. The molecule has 0 aliphatic heterocycles. The first-order valence-corrected chi connectivity index (χ1v) is 5.87. The third-order valence-corrected chi connectivity index (χ3v) is 3.03. The maximum absolute atomic E-state index is 12.6. The van der Waals surface area contributed by atoms with E-state index in [4.69, 9.17) is 5.73 Å². The number of carbonyl (C=O) groups excluding carboxylic acids is 1. The SMILES string of the molecule is Cc1ccc(C(F)(F)F)cc1NC(=O)C(C)C(C)N. The van der Waals surface area contributed by atoms with Crippen molar-refractivity contribution in [2.75, 3.05) is 5.32 Å². The van der Waals surface area contributed by atoms with Crippen LogP contribution in [-0.2, 0) is 11.0 Å². The van der Waals surface area contributed by atoms with Crippen LogP contribution in [0, 0.1) is 12.8 Å². The van der Waals surface area contributed by atoms with E-state index in [-0.39, 0.29) is 11.7 Å². The van der Waals surface area contributed by atoms with Crippen LogP contribution in [0.2, 0.25) is 0 Å². The molecule has 0 radical (unpaired) electrons. The number of rotatable bonds is 3. The summed E-state index contributed by atoms with van der Waals surface area (Å²) in [6.45, 7) is 4.93. The number of carbonyl (C=O) groups is 1. The van der Waals surface area contributed by atoms with E-state index in [0.29, 0.717) is 5.56 Å². The van der Waals surface area contributed by atoms with Gasteiger partial charge >= 0.3 is 6.18 Å². The molecule has 6 heteroatoms. The molecule has 1 rings (SSSR count). The fraction of sp³-hybridized carbons (Fsp3) is 0.462. The van der Waals surface area contributed by atoms with Crippen molar-refractivity contribution in [2.45, 2.75) is 33.0 Å². The Bertz CT molecular complexity index is 469. The molecule has 0 aromatic heterocycles. The number of anilines is 1. The number of nitrogens with two attached hydrogens (primary N) is 1. The van der Waals surface area contributed by atoms with Crippen molar-refractivity contribution in [1.82, 2.24) is 0 Å². The molecule has 3 N–H and O–H groups in total. The molecule has 1 aromatic carbocycles. The Morgan fingerprint density at radius 2 is 1.89 bits per heavy atom. The minimum Gasteiger partial charge on any atom is -0.327 e. The molecule has 0 saturated carbocycles. The van der Waals surface area contributed by atoms with Crippen LogP contribution in [0.3, 0.4) is 0 Å². The van der Waals surface area contributed by atoms with E-state index in [0.717, 1.165) is 12.1 Å². The summed E-state index contributed by atoms with van der Waals surface area (Å²) < 4.78 is 37.8. The van der Waals surface area contributed by atoms with Gasteiger partial charge in [0.15, 0.2) is 0 Å². The number of amides is 1. The molecule has 0 aliphatic carbocycles. The van der Waals surface area contributed by atoms with Crippen LogP contribution in [0.4, 0.5) is 18.9 Å². The highest BCUT2D eigenvalue weighted by molar-refractivity contribution is 5.93. The normalized spacial score (nSPS) is 14.9. The van der Waals surface area contributed by atoms with Crippen LogP contribution >= 0.6 is 0 Å². The topological polar surface area (TPSA) is 55.1 Å². The molecule has 1 aromatic rings. The molecule has 106 valence electrons. The fourth-order valence-corrected chi connectivity index (χ4v) is 1.42. The Morgan fingerprint density at radius 1 is 1.32 bits per heavy atom. The van der Waals surface area contributed by atoms with Crippen LogP contribution in [0.1, 0.15) is 25.0 Å². The predicted molar refractivity (Wildman–Crippen MR) is 67.6 cm³/mol. The van der Waals surface area contributed by atoms with E-state index < -0.39 is 23.6 Å². The van der Waals surface area contributed by atoms with Gasteiger partial charge in [0.05, 0.1) is 11.5 Å². The molecular weight excluding hydrogens is 257 g/mol. The molecule has 0 spiro atoms. The summed E-state index contributed by atoms with van der Waals surface area (Å²) in [5, 5.41) is 2.48. The van der Waals surface area contributed by atoms with Crippen LogP contribution in [0.5, 0.6) is 0 Å². The summed E-state index contributed by atoms with van der Waals surface area (Å²) in [5.41, 5.74) is 5.52. The van der Waals surface area contributed by atoms with Crippen molar-refractivity contribution < 1.29 is 18.0 Å². The van der Waals surface area contributed by atoms with Gasteiger partial charge in [0.25, 0.3) is 0 Å². The summed E-state index contributed by atoms with van der Waals surface area (Å²) in [5.74, 6) is -0.869. The third kappa shape index (κ3) is 3.96. The van der Waals surface area contributed by atoms with Gasteiger partial charge in [0.2, 0.25) is 5.91 Å². The van der Waals surface area contributed by atoms with Crippen molar-refractivity contribution >= 4 is 11.6 Å². The van der Waals surface area contributed by atoms with Gasteiger partial charge in [0, 0.05) is 11.7 Å². The number of benzene rings is 1. The largest absolute Gasteiger partial charge is 0.416 e. The minimum absolute atomic E-state index is 0.160. The van der Waals surface area contributed by atoms with Gasteiger partial charge < -0.3 is 11.1 Å². The molecule has 0 aliphatic rings. The van der Waals surface area contributed by atoms with Crippen LogP contribution in [0.15, 0.2) is 18.2 Å². The summed E-state index contributed by atoms with van der Waals surface area (Å²) in [4.78, 5) is 11.8. The Labute approximate surface area is 110 Å². The number of halogens is 3. The van der Waals surface area contributed by atoms with E-state index in [9.17, 15) is 18.0 Å². The molecular formula is C13H17F3N2O. The minimum atomic E-state index is -4.43. The van der Waals surface area contributed by atoms with Gasteiger partial charge in [-0.1, -0.05) is 13.0 Å². The highest BCUT2D eigenvalue weighted by Gasteiger charge is 2.31. The monoisotopic (exact) mass is 274 g/mol. The lowest BCUT2D eigenvalue weighted by Crippen LogP contribution is -2.34. The molecule has 0 heterocycles. The lowest BCUT2D eigenvalue weighted by molar-refractivity contribution is -0.137. The van der Waals surface area contributed by atoms with E-state index in [1.165, 1.54) is 6.07 Å². The molecule has 0 bridgehead atoms. The molecule has 19 heavy (non-hydrogen) atoms. The van der Waals surface area contributed by atoms with Crippen LogP contribution < -0.4 is 11.1 Å². The second-order valence-electron chi connectivity index (χ2n) is 4.66. The summed E-state index contributed by atoms with van der Waals surface area (Å²) >= 11 is 0. The molecule has 0 fully saturated rings. The van der Waals surface area contributed by atoms with Gasteiger partial charge in [-0.25, -0.2) is 0 Å². The zero-order valence-corrected chi connectivity index (χ0v) is 11.0. The Balaban J connectivity index is 2.98.